The van der Waals surface area contributed by atoms with E-state index in [9.17, 15) is 0 Å². The van der Waals surface area contributed by atoms with Crippen LogP contribution in [0.4, 0.5) is 0 Å². The molecule has 1 aromatic rings. The molecule has 2 nitrogen and oxygen atoms in total. The Labute approximate surface area is 119 Å². The van der Waals surface area contributed by atoms with E-state index in [1.165, 1.54) is 23.4 Å². The average Bonchev–Trinajstić information content (AvgIpc) is 2.87. The minimum Gasteiger partial charge on any atom is -0.336 e. The molecule has 1 fully saturated rings. The van der Waals surface area contributed by atoms with Crippen LogP contribution in [0.15, 0.2) is 71.4 Å². The first-order valence-corrected chi connectivity index (χ1v) is 7.37. The lowest BCUT2D eigenvalue weighted by molar-refractivity contribution is 0.595. The highest BCUT2D eigenvalue weighted by Crippen LogP contribution is 2.38. The molecule has 1 saturated heterocycles. The second kappa shape index (κ2) is 4.78. The lowest BCUT2D eigenvalue weighted by atomic mass is 9.85. The molecular formula is C18H18N2. The number of allylic oxidation sites excluding steroid dienone is 3. The summed E-state index contributed by atoms with van der Waals surface area (Å²) in [6.45, 7) is 1.11. The molecule has 0 spiro atoms. The summed E-state index contributed by atoms with van der Waals surface area (Å²) in [4.78, 5) is 7.44. The van der Waals surface area contributed by atoms with Crippen LogP contribution in [0.1, 0.15) is 24.4 Å². The number of benzene rings is 1. The summed E-state index contributed by atoms with van der Waals surface area (Å²) in [5, 5.41) is 0. The molecule has 0 amide bonds. The van der Waals surface area contributed by atoms with Crippen LogP contribution >= 0.6 is 0 Å². The zero-order valence-electron chi connectivity index (χ0n) is 11.4. The van der Waals surface area contributed by atoms with E-state index in [4.69, 9.17) is 4.99 Å². The highest BCUT2D eigenvalue weighted by atomic mass is 15.2. The summed E-state index contributed by atoms with van der Waals surface area (Å²) in [6.07, 6.45) is 13.4. The summed E-state index contributed by atoms with van der Waals surface area (Å²) in [5.41, 5.74) is 2.69. The Hall–Kier alpha value is -2.09. The van der Waals surface area contributed by atoms with Gasteiger partial charge < -0.3 is 4.90 Å². The third-order valence-corrected chi connectivity index (χ3v) is 4.31. The van der Waals surface area contributed by atoms with Crippen molar-refractivity contribution in [1.29, 1.82) is 0 Å². The van der Waals surface area contributed by atoms with Gasteiger partial charge in [-0.25, -0.2) is 0 Å². The number of amidine groups is 1. The molecule has 0 radical (unpaired) electrons. The molecular weight excluding hydrogens is 244 g/mol. The zero-order chi connectivity index (χ0) is 13.4. The van der Waals surface area contributed by atoms with Gasteiger partial charge in [0.15, 0.2) is 0 Å². The zero-order valence-corrected chi connectivity index (χ0v) is 11.4. The standard InChI is InChI=1S/C18H18N2/c1-2-7-14(8-3-1)18-16-10-5-4-9-15(16)13-20-12-6-11-17(20)19-18/h1-5,7-10,13,16,18H,6,11-12H2. The molecule has 0 N–H and O–H groups in total. The molecule has 20 heavy (non-hydrogen) atoms. The van der Waals surface area contributed by atoms with Gasteiger partial charge in [-0.1, -0.05) is 54.6 Å². The Morgan fingerprint density at radius 3 is 2.90 bits per heavy atom. The van der Waals surface area contributed by atoms with Crippen molar-refractivity contribution in [3.63, 3.8) is 0 Å². The summed E-state index contributed by atoms with van der Waals surface area (Å²) < 4.78 is 0. The van der Waals surface area contributed by atoms with Gasteiger partial charge in [-0.05, 0) is 17.6 Å². The van der Waals surface area contributed by atoms with Gasteiger partial charge in [0.2, 0.25) is 0 Å². The normalized spacial score (nSPS) is 27.5. The van der Waals surface area contributed by atoms with Crippen molar-refractivity contribution in [1.82, 2.24) is 4.90 Å². The molecule has 2 atom stereocenters. The van der Waals surface area contributed by atoms with Crippen molar-refractivity contribution < 1.29 is 0 Å². The van der Waals surface area contributed by atoms with Crippen molar-refractivity contribution >= 4 is 5.84 Å². The first-order chi connectivity index (χ1) is 9.92. The summed E-state index contributed by atoms with van der Waals surface area (Å²) in [7, 11) is 0. The predicted molar refractivity (Wildman–Crippen MR) is 82.4 cm³/mol. The van der Waals surface area contributed by atoms with E-state index in [-0.39, 0.29) is 6.04 Å². The van der Waals surface area contributed by atoms with Gasteiger partial charge >= 0.3 is 0 Å². The van der Waals surface area contributed by atoms with E-state index in [2.05, 4.69) is 65.7 Å². The van der Waals surface area contributed by atoms with Crippen LogP contribution in [0, 0.1) is 5.92 Å². The summed E-state index contributed by atoms with van der Waals surface area (Å²) in [5.74, 6) is 1.61. The molecule has 2 heteroatoms. The number of rotatable bonds is 1. The Morgan fingerprint density at radius 2 is 2.00 bits per heavy atom. The van der Waals surface area contributed by atoms with E-state index in [1.807, 2.05) is 0 Å². The molecule has 0 saturated carbocycles. The number of nitrogens with zero attached hydrogens (tertiary/aromatic N) is 2. The van der Waals surface area contributed by atoms with Crippen LogP contribution in [0.2, 0.25) is 0 Å². The maximum absolute atomic E-state index is 5.10. The molecule has 0 bridgehead atoms. The van der Waals surface area contributed by atoms with Crippen LogP contribution in [-0.4, -0.2) is 17.3 Å². The first-order valence-electron chi connectivity index (χ1n) is 7.37. The Balaban J connectivity index is 1.83. The number of hydrogen-bond acceptors (Lipinski definition) is 2. The Kier molecular flexibility index (Phi) is 2.80. The monoisotopic (exact) mass is 262 g/mol. The molecule has 100 valence electrons. The van der Waals surface area contributed by atoms with E-state index >= 15 is 0 Å². The minimum absolute atomic E-state index is 0.210. The third kappa shape index (κ3) is 1.92. The second-order valence-corrected chi connectivity index (χ2v) is 5.60. The lowest BCUT2D eigenvalue weighted by Crippen LogP contribution is -2.17. The van der Waals surface area contributed by atoms with Gasteiger partial charge in [-0.3, -0.25) is 4.99 Å². The number of hydrogen-bond donors (Lipinski definition) is 0. The minimum atomic E-state index is 0.210. The summed E-state index contributed by atoms with van der Waals surface area (Å²) in [6, 6.07) is 10.9. The molecule has 0 aromatic heterocycles. The molecule has 1 aromatic carbocycles. The number of fused-ring (bicyclic) bond motifs is 2. The maximum atomic E-state index is 5.10. The SMILES string of the molecule is C1=CC2=CN3CCCC3=NC(c3ccccc3)C2C=C1. The van der Waals surface area contributed by atoms with E-state index < -0.39 is 0 Å². The lowest BCUT2D eigenvalue weighted by Gasteiger charge is -2.23. The topological polar surface area (TPSA) is 15.6 Å². The van der Waals surface area contributed by atoms with Gasteiger partial charge in [0, 0.05) is 25.1 Å². The van der Waals surface area contributed by atoms with Crippen molar-refractivity contribution in [3.8, 4) is 0 Å². The first kappa shape index (κ1) is 11.7. The Morgan fingerprint density at radius 1 is 1.10 bits per heavy atom. The van der Waals surface area contributed by atoms with E-state index in [1.54, 1.807) is 0 Å². The molecule has 2 aliphatic heterocycles. The van der Waals surface area contributed by atoms with Crippen LogP contribution in [-0.2, 0) is 0 Å². The van der Waals surface area contributed by atoms with Crippen LogP contribution < -0.4 is 0 Å². The quantitative estimate of drug-likeness (QED) is 0.750. The maximum Gasteiger partial charge on any atom is 0.104 e. The van der Waals surface area contributed by atoms with Crippen molar-refractivity contribution in [2.24, 2.45) is 10.9 Å². The van der Waals surface area contributed by atoms with Gasteiger partial charge in [-0.2, -0.15) is 0 Å². The predicted octanol–water partition coefficient (Wildman–Crippen LogP) is 3.86. The smallest absolute Gasteiger partial charge is 0.104 e. The highest BCUT2D eigenvalue weighted by molar-refractivity contribution is 5.86. The van der Waals surface area contributed by atoms with Crippen LogP contribution in [0.25, 0.3) is 0 Å². The van der Waals surface area contributed by atoms with Gasteiger partial charge in [0.1, 0.15) is 5.84 Å². The van der Waals surface area contributed by atoms with Gasteiger partial charge in [0.25, 0.3) is 0 Å². The Bertz CT molecular complexity index is 622. The molecule has 3 aliphatic rings. The fraction of sp³-hybridized carbons (Fsp3) is 0.278. The van der Waals surface area contributed by atoms with E-state index in [0.29, 0.717) is 5.92 Å². The molecule has 2 unspecified atom stereocenters. The fourth-order valence-electron chi connectivity index (χ4n) is 3.30. The second-order valence-electron chi connectivity index (χ2n) is 5.60. The molecule has 4 rings (SSSR count). The third-order valence-electron chi connectivity index (χ3n) is 4.31. The highest BCUT2D eigenvalue weighted by Gasteiger charge is 2.30. The largest absolute Gasteiger partial charge is 0.336 e. The van der Waals surface area contributed by atoms with Crippen molar-refractivity contribution in [2.75, 3.05) is 6.54 Å². The molecule has 2 heterocycles. The average molecular weight is 262 g/mol. The van der Waals surface area contributed by atoms with Gasteiger partial charge in [0.05, 0.1) is 6.04 Å². The molecule has 1 aliphatic carbocycles. The van der Waals surface area contributed by atoms with Gasteiger partial charge in [-0.15, -0.1) is 0 Å². The van der Waals surface area contributed by atoms with Crippen molar-refractivity contribution in [3.05, 3.63) is 72.0 Å². The number of aliphatic imine (C=N–C) groups is 1. The van der Waals surface area contributed by atoms with Crippen LogP contribution in [0.5, 0.6) is 0 Å². The van der Waals surface area contributed by atoms with Crippen LogP contribution in [0.3, 0.4) is 0 Å². The summed E-state index contributed by atoms with van der Waals surface area (Å²) >= 11 is 0. The van der Waals surface area contributed by atoms with E-state index in [0.717, 1.165) is 13.0 Å². The fourth-order valence-corrected chi connectivity index (χ4v) is 3.30. The van der Waals surface area contributed by atoms with Crippen molar-refractivity contribution in [2.45, 2.75) is 18.9 Å².